The average Bonchev–Trinajstić information content (AvgIpc) is 2.07. The molecule has 0 saturated heterocycles. The number of benzene rings is 1. The highest BCUT2D eigenvalue weighted by atomic mass is 35.5. The van der Waals surface area contributed by atoms with Crippen LogP contribution >= 0.6 is 11.6 Å². The van der Waals surface area contributed by atoms with Gasteiger partial charge in [-0.1, -0.05) is 25.4 Å². The zero-order valence-electron chi connectivity index (χ0n) is 7.93. The van der Waals surface area contributed by atoms with Crippen LogP contribution in [0.2, 0.25) is 5.02 Å². The van der Waals surface area contributed by atoms with Crippen LogP contribution in [0.4, 0.5) is 8.78 Å². The van der Waals surface area contributed by atoms with E-state index in [-0.39, 0.29) is 11.7 Å². The summed E-state index contributed by atoms with van der Waals surface area (Å²) in [6.45, 7) is 0.988. The van der Waals surface area contributed by atoms with E-state index in [4.69, 9.17) is 11.6 Å². The lowest BCUT2D eigenvalue weighted by molar-refractivity contribution is -0.0505. The monoisotopic (exact) mass is 220 g/mol. The molecule has 0 amide bonds. The van der Waals surface area contributed by atoms with Gasteiger partial charge in [0.05, 0.1) is 0 Å². The molecule has 4 heteroatoms. The summed E-state index contributed by atoms with van der Waals surface area (Å²) in [6.07, 6.45) is 0. The summed E-state index contributed by atoms with van der Waals surface area (Å²) in [6, 6.07) is 4.64. The van der Waals surface area contributed by atoms with Gasteiger partial charge < -0.3 is 4.74 Å². The van der Waals surface area contributed by atoms with Crippen LogP contribution < -0.4 is 4.74 Å². The number of ether oxygens (including phenoxy) is 1. The smallest absolute Gasteiger partial charge is 0.387 e. The molecule has 1 nitrogen and oxygen atoms in total. The lowest BCUT2D eigenvalue weighted by atomic mass is 10.0. The van der Waals surface area contributed by atoms with Gasteiger partial charge in [0.1, 0.15) is 5.75 Å². The molecule has 0 radical (unpaired) electrons. The molecule has 0 saturated carbocycles. The van der Waals surface area contributed by atoms with Crippen molar-refractivity contribution >= 4 is 11.6 Å². The maximum Gasteiger partial charge on any atom is 0.387 e. The minimum atomic E-state index is -2.80. The van der Waals surface area contributed by atoms with Crippen molar-refractivity contribution in [2.75, 3.05) is 0 Å². The third-order valence-electron chi connectivity index (χ3n) is 1.81. The Bertz CT molecular complexity index is 313. The lowest BCUT2D eigenvalue weighted by Gasteiger charge is -2.13. The Morgan fingerprint density at radius 1 is 1.29 bits per heavy atom. The molecule has 1 aromatic carbocycles. The second-order valence-corrected chi connectivity index (χ2v) is 3.65. The highest BCUT2D eigenvalue weighted by molar-refractivity contribution is 6.30. The normalized spacial score (nSPS) is 11.1. The number of alkyl halides is 2. The van der Waals surface area contributed by atoms with Crippen molar-refractivity contribution in [3.63, 3.8) is 0 Å². The fraction of sp³-hybridized carbons (Fsp3) is 0.400. The molecule has 0 aliphatic heterocycles. The molecule has 0 spiro atoms. The minimum absolute atomic E-state index is 0.0995. The summed E-state index contributed by atoms with van der Waals surface area (Å²) in [7, 11) is 0. The second kappa shape index (κ2) is 4.60. The minimum Gasteiger partial charge on any atom is -0.435 e. The summed E-state index contributed by atoms with van der Waals surface area (Å²) in [5.41, 5.74) is 0.692. The standard InChI is InChI=1S/C10H11ClF2O/c1-6(2)8-5-7(11)3-4-9(8)14-10(12)13/h3-6,10H,1-2H3. The quantitative estimate of drug-likeness (QED) is 0.746. The second-order valence-electron chi connectivity index (χ2n) is 3.22. The van der Waals surface area contributed by atoms with Crippen LogP contribution in [0.5, 0.6) is 5.75 Å². The number of hydrogen-bond acceptors (Lipinski definition) is 1. The van der Waals surface area contributed by atoms with Crippen molar-refractivity contribution in [3.05, 3.63) is 28.8 Å². The van der Waals surface area contributed by atoms with Crippen LogP contribution in [-0.4, -0.2) is 6.61 Å². The highest BCUT2D eigenvalue weighted by Crippen LogP contribution is 2.30. The maximum absolute atomic E-state index is 12.0. The van der Waals surface area contributed by atoms with E-state index in [0.29, 0.717) is 10.6 Å². The van der Waals surface area contributed by atoms with Crippen molar-refractivity contribution in [3.8, 4) is 5.75 Å². The van der Waals surface area contributed by atoms with Crippen LogP contribution in [-0.2, 0) is 0 Å². The van der Waals surface area contributed by atoms with Crippen molar-refractivity contribution in [2.24, 2.45) is 0 Å². The molecule has 0 N–H and O–H groups in total. The molecule has 1 aromatic rings. The summed E-state index contributed by atoms with van der Waals surface area (Å²) in [4.78, 5) is 0. The first-order chi connectivity index (χ1) is 6.50. The van der Waals surface area contributed by atoms with E-state index in [1.807, 2.05) is 13.8 Å². The van der Waals surface area contributed by atoms with Crippen molar-refractivity contribution in [1.82, 2.24) is 0 Å². The van der Waals surface area contributed by atoms with Gasteiger partial charge in [-0.25, -0.2) is 0 Å². The maximum atomic E-state index is 12.0. The SMILES string of the molecule is CC(C)c1cc(Cl)ccc1OC(F)F. The number of hydrogen-bond donors (Lipinski definition) is 0. The molecule has 1 rings (SSSR count). The van der Waals surface area contributed by atoms with Gasteiger partial charge in [0.25, 0.3) is 0 Å². The zero-order valence-corrected chi connectivity index (χ0v) is 8.68. The Hall–Kier alpha value is -0.830. The Labute approximate surface area is 86.6 Å². The molecule has 0 unspecified atom stereocenters. The van der Waals surface area contributed by atoms with Crippen LogP contribution in [0.1, 0.15) is 25.3 Å². The van der Waals surface area contributed by atoms with Crippen molar-refractivity contribution in [1.29, 1.82) is 0 Å². The number of halogens is 3. The van der Waals surface area contributed by atoms with Gasteiger partial charge in [0.15, 0.2) is 0 Å². The van der Waals surface area contributed by atoms with Crippen LogP contribution in [0.3, 0.4) is 0 Å². The summed E-state index contributed by atoms with van der Waals surface area (Å²) in [5.74, 6) is 0.293. The number of rotatable bonds is 3. The van der Waals surface area contributed by atoms with E-state index >= 15 is 0 Å². The zero-order chi connectivity index (χ0) is 10.7. The first kappa shape index (κ1) is 11.2. The Morgan fingerprint density at radius 2 is 1.93 bits per heavy atom. The van der Waals surface area contributed by atoms with Gasteiger partial charge in [-0.3, -0.25) is 0 Å². The first-order valence-corrected chi connectivity index (χ1v) is 4.62. The van der Waals surface area contributed by atoms with Gasteiger partial charge in [0.2, 0.25) is 0 Å². The van der Waals surface area contributed by atoms with E-state index in [2.05, 4.69) is 4.74 Å². The van der Waals surface area contributed by atoms with Crippen LogP contribution in [0.15, 0.2) is 18.2 Å². The Morgan fingerprint density at radius 3 is 2.43 bits per heavy atom. The Kier molecular flexibility index (Phi) is 3.69. The van der Waals surface area contributed by atoms with Crippen molar-refractivity contribution < 1.29 is 13.5 Å². The molecular formula is C10H11ClF2O. The molecule has 0 aliphatic rings. The predicted octanol–water partition coefficient (Wildman–Crippen LogP) is 4.06. The van der Waals surface area contributed by atoms with Crippen molar-refractivity contribution in [2.45, 2.75) is 26.4 Å². The Balaban J connectivity index is 3.02. The fourth-order valence-corrected chi connectivity index (χ4v) is 1.35. The fourth-order valence-electron chi connectivity index (χ4n) is 1.17. The molecule has 78 valence electrons. The molecule has 0 aliphatic carbocycles. The molecular weight excluding hydrogens is 210 g/mol. The molecule has 0 atom stereocenters. The van der Waals surface area contributed by atoms with Crippen LogP contribution in [0.25, 0.3) is 0 Å². The highest BCUT2D eigenvalue weighted by Gasteiger charge is 2.12. The summed E-state index contributed by atoms with van der Waals surface area (Å²) < 4.78 is 28.4. The third kappa shape index (κ3) is 2.84. The topological polar surface area (TPSA) is 9.23 Å². The van der Waals surface area contributed by atoms with E-state index in [1.54, 1.807) is 6.07 Å². The van der Waals surface area contributed by atoms with Gasteiger partial charge in [0, 0.05) is 5.02 Å². The van der Waals surface area contributed by atoms with E-state index in [1.165, 1.54) is 12.1 Å². The van der Waals surface area contributed by atoms with E-state index in [9.17, 15) is 8.78 Å². The molecule has 0 heterocycles. The first-order valence-electron chi connectivity index (χ1n) is 4.25. The van der Waals surface area contributed by atoms with Gasteiger partial charge in [-0.2, -0.15) is 8.78 Å². The van der Waals surface area contributed by atoms with E-state index in [0.717, 1.165) is 0 Å². The molecule has 0 aromatic heterocycles. The van der Waals surface area contributed by atoms with Crippen LogP contribution in [0, 0.1) is 0 Å². The molecule has 0 fully saturated rings. The predicted molar refractivity (Wildman–Crippen MR) is 52.2 cm³/mol. The van der Waals surface area contributed by atoms with Gasteiger partial charge in [-0.05, 0) is 29.7 Å². The van der Waals surface area contributed by atoms with Gasteiger partial charge >= 0.3 is 6.61 Å². The largest absolute Gasteiger partial charge is 0.435 e. The van der Waals surface area contributed by atoms with Gasteiger partial charge in [-0.15, -0.1) is 0 Å². The average molecular weight is 221 g/mol. The summed E-state index contributed by atoms with van der Waals surface area (Å²) in [5, 5.41) is 0.523. The molecule has 14 heavy (non-hydrogen) atoms. The summed E-state index contributed by atoms with van der Waals surface area (Å²) >= 11 is 5.75. The third-order valence-corrected chi connectivity index (χ3v) is 2.04. The lowest BCUT2D eigenvalue weighted by Crippen LogP contribution is -2.05. The van der Waals surface area contributed by atoms with E-state index < -0.39 is 6.61 Å². The molecule has 0 bridgehead atoms.